The van der Waals surface area contributed by atoms with Gasteiger partial charge >= 0.3 is 12.3 Å². The monoisotopic (exact) mass is 359 g/mol. The van der Waals surface area contributed by atoms with E-state index in [2.05, 4.69) is 5.32 Å². The van der Waals surface area contributed by atoms with E-state index in [1.165, 1.54) is 12.1 Å². The van der Waals surface area contributed by atoms with Crippen LogP contribution in [0.5, 0.6) is 0 Å². The van der Waals surface area contributed by atoms with Crippen LogP contribution in [-0.2, 0) is 10.9 Å². The van der Waals surface area contributed by atoms with Gasteiger partial charge in [-0.05, 0) is 57.7 Å². The Kier molecular flexibility index (Phi) is 5.66. The van der Waals surface area contributed by atoms with Crippen LogP contribution in [0.3, 0.4) is 0 Å². The Hall–Kier alpha value is -1.76. The number of carbonyl (C=O) groups excluding carboxylic acids is 1. The molecule has 3 atom stereocenters. The predicted molar refractivity (Wildman–Crippen MR) is 87.2 cm³/mol. The molecule has 0 aromatic heterocycles. The van der Waals surface area contributed by atoms with Crippen molar-refractivity contribution in [3.8, 4) is 0 Å². The fourth-order valence-electron chi connectivity index (χ4n) is 3.07. The molecule has 140 valence electrons. The third-order valence-corrected chi connectivity index (χ3v) is 4.19. The molecule has 0 bridgehead atoms. The second-order valence-corrected chi connectivity index (χ2v) is 7.45. The summed E-state index contributed by atoms with van der Waals surface area (Å²) in [4.78, 5) is 12.0. The lowest BCUT2D eigenvalue weighted by molar-refractivity contribution is -0.137. The van der Waals surface area contributed by atoms with Crippen molar-refractivity contribution in [1.82, 2.24) is 5.32 Å². The van der Waals surface area contributed by atoms with Crippen LogP contribution in [0.15, 0.2) is 24.3 Å². The number of alkyl halides is 3. The number of nitrogens with one attached hydrogen (secondary N) is 1. The van der Waals surface area contributed by atoms with E-state index in [4.69, 9.17) is 4.74 Å². The minimum Gasteiger partial charge on any atom is -0.444 e. The van der Waals surface area contributed by atoms with E-state index in [-0.39, 0.29) is 12.0 Å². The molecule has 1 aromatic carbocycles. The van der Waals surface area contributed by atoms with E-state index in [0.717, 1.165) is 12.1 Å². The number of rotatable bonds is 2. The summed E-state index contributed by atoms with van der Waals surface area (Å²) in [5, 5.41) is 12.7. The predicted octanol–water partition coefficient (Wildman–Crippen LogP) is 4.23. The zero-order valence-electron chi connectivity index (χ0n) is 14.6. The first-order valence-corrected chi connectivity index (χ1v) is 8.30. The van der Waals surface area contributed by atoms with Gasteiger partial charge in [0.05, 0.1) is 11.7 Å². The molecular weight excluding hydrogens is 335 g/mol. The average Bonchev–Trinajstić information content (AvgIpc) is 2.46. The van der Waals surface area contributed by atoms with Gasteiger partial charge in [-0.1, -0.05) is 12.1 Å². The lowest BCUT2D eigenvalue weighted by Crippen LogP contribution is -2.45. The molecule has 0 radical (unpaired) electrons. The highest BCUT2D eigenvalue weighted by molar-refractivity contribution is 5.68. The van der Waals surface area contributed by atoms with Gasteiger partial charge in [-0.2, -0.15) is 13.2 Å². The summed E-state index contributed by atoms with van der Waals surface area (Å²) in [6.45, 7) is 5.26. The van der Waals surface area contributed by atoms with Gasteiger partial charge in [0.1, 0.15) is 5.60 Å². The Labute approximate surface area is 145 Å². The number of carbonyl (C=O) groups is 1. The molecule has 0 spiro atoms. The van der Waals surface area contributed by atoms with E-state index < -0.39 is 29.5 Å². The van der Waals surface area contributed by atoms with E-state index >= 15 is 0 Å². The maximum atomic E-state index is 12.7. The summed E-state index contributed by atoms with van der Waals surface area (Å²) >= 11 is 0. The SMILES string of the molecule is CC(C)(C)OC(=O)N[C@@H]1CC[C@H](O)C[C@H]1c1ccc(C(F)(F)F)cc1. The van der Waals surface area contributed by atoms with Crippen molar-refractivity contribution in [2.45, 2.75) is 69.9 Å². The second kappa shape index (κ2) is 7.23. The molecule has 1 aliphatic rings. The van der Waals surface area contributed by atoms with Crippen molar-refractivity contribution in [3.05, 3.63) is 35.4 Å². The third-order valence-electron chi connectivity index (χ3n) is 4.19. The summed E-state index contributed by atoms with van der Waals surface area (Å²) in [7, 11) is 0. The number of aliphatic hydroxyl groups is 1. The van der Waals surface area contributed by atoms with E-state index in [0.29, 0.717) is 24.8 Å². The number of amides is 1. The number of aliphatic hydroxyl groups excluding tert-OH is 1. The van der Waals surface area contributed by atoms with Gasteiger partial charge in [0.15, 0.2) is 0 Å². The fourth-order valence-corrected chi connectivity index (χ4v) is 3.07. The molecule has 0 saturated heterocycles. The quantitative estimate of drug-likeness (QED) is 0.831. The number of alkyl carbamates (subject to hydrolysis) is 1. The van der Waals surface area contributed by atoms with Gasteiger partial charge in [-0.25, -0.2) is 4.79 Å². The highest BCUT2D eigenvalue weighted by atomic mass is 19.4. The summed E-state index contributed by atoms with van der Waals surface area (Å²) in [6, 6.07) is 4.58. The van der Waals surface area contributed by atoms with Crippen LogP contribution >= 0.6 is 0 Å². The fraction of sp³-hybridized carbons (Fsp3) is 0.611. The van der Waals surface area contributed by atoms with Crippen LogP contribution in [-0.4, -0.2) is 28.9 Å². The zero-order chi connectivity index (χ0) is 18.8. The molecular formula is C18H24F3NO3. The van der Waals surface area contributed by atoms with E-state index in [9.17, 15) is 23.1 Å². The van der Waals surface area contributed by atoms with Gasteiger partial charge < -0.3 is 15.2 Å². The second-order valence-electron chi connectivity index (χ2n) is 7.45. The first-order chi connectivity index (χ1) is 11.5. The molecule has 0 aliphatic heterocycles. The molecule has 1 aliphatic carbocycles. The van der Waals surface area contributed by atoms with Gasteiger partial charge in [0, 0.05) is 12.0 Å². The topological polar surface area (TPSA) is 58.6 Å². The lowest BCUT2D eigenvalue weighted by atomic mass is 9.78. The third kappa shape index (κ3) is 5.63. The molecule has 7 heteroatoms. The molecule has 1 saturated carbocycles. The highest BCUT2D eigenvalue weighted by Crippen LogP contribution is 2.36. The molecule has 0 heterocycles. The van der Waals surface area contributed by atoms with Crippen molar-refractivity contribution in [2.75, 3.05) is 0 Å². The largest absolute Gasteiger partial charge is 0.444 e. The molecule has 2 N–H and O–H groups in total. The highest BCUT2D eigenvalue weighted by Gasteiger charge is 2.34. The van der Waals surface area contributed by atoms with Crippen molar-refractivity contribution in [1.29, 1.82) is 0 Å². The van der Waals surface area contributed by atoms with E-state index in [1.807, 2.05) is 0 Å². The molecule has 4 nitrogen and oxygen atoms in total. The first-order valence-electron chi connectivity index (χ1n) is 8.30. The molecule has 1 fully saturated rings. The zero-order valence-corrected chi connectivity index (χ0v) is 14.6. The van der Waals surface area contributed by atoms with Crippen molar-refractivity contribution < 1.29 is 27.8 Å². The van der Waals surface area contributed by atoms with E-state index in [1.54, 1.807) is 20.8 Å². The Morgan fingerprint density at radius 1 is 1.16 bits per heavy atom. The summed E-state index contributed by atoms with van der Waals surface area (Å²) < 4.78 is 43.4. The molecule has 25 heavy (non-hydrogen) atoms. The van der Waals surface area contributed by atoms with Crippen LogP contribution in [0, 0.1) is 0 Å². The first kappa shape index (κ1) is 19.6. The molecule has 0 unspecified atom stereocenters. The Morgan fingerprint density at radius 3 is 2.28 bits per heavy atom. The van der Waals surface area contributed by atoms with Crippen LogP contribution < -0.4 is 5.32 Å². The minimum absolute atomic E-state index is 0.265. The van der Waals surface area contributed by atoms with Crippen LogP contribution in [0.1, 0.15) is 57.1 Å². The number of hydrogen-bond acceptors (Lipinski definition) is 3. The van der Waals surface area contributed by atoms with Crippen LogP contribution in [0.2, 0.25) is 0 Å². The number of hydrogen-bond donors (Lipinski definition) is 2. The standard InChI is InChI=1S/C18H24F3NO3/c1-17(2,3)25-16(24)22-15-9-8-13(23)10-14(15)11-4-6-12(7-5-11)18(19,20)21/h4-7,13-15,23H,8-10H2,1-3H3,(H,22,24)/t13-,14-,15+/m0/s1. The Balaban J connectivity index is 2.15. The lowest BCUT2D eigenvalue weighted by Gasteiger charge is -2.35. The summed E-state index contributed by atoms with van der Waals surface area (Å²) in [6.07, 6.45) is -4.05. The van der Waals surface area contributed by atoms with Crippen molar-refractivity contribution >= 4 is 6.09 Å². The number of halogens is 3. The normalized spacial score (nSPS) is 24.7. The van der Waals surface area contributed by atoms with Crippen molar-refractivity contribution in [2.24, 2.45) is 0 Å². The maximum absolute atomic E-state index is 12.7. The minimum atomic E-state index is -4.39. The van der Waals surface area contributed by atoms with Gasteiger partial charge in [0.25, 0.3) is 0 Å². The Bertz CT molecular complexity index is 593. The van der Waals surface area contributed by atoms with Gasteiger partial charge in [-0.3, -0.25) is 0 Å². The summed E-state index contributed by atoms with van der Waals surface area (Å²) in [5.74, 6) is -0.265. The summed E-state index contributed by atoms with van der Waals surface area (Å²) in [5.41, 5.74) is -0.695. The number of ether oxygens (including phenoxy) is 1. The van der Waals surface area contributed by atoms with Gasteiger partial charge in [-0.15, -0.1) is 0 Å². The number of benzene rings is 1. The smallest absolute Gasteiger partial charge is 0.416 e. The van der Waals surface area contributed by atoms with Gasteiger partial charge in [0.2, 0.25) is 0 Å². The molecule has 1 aromatic rings. The molecule has 2 rings (SSSR count). The van der Waals surface area contributed by atoms with Crippen molar-refractivity contribution in [3.63, 3.8) is 0 Å². The van der Waals surface area contributed by atoms with Crippen LogP contribution in [0.25, 0.3) is 0 Å². The Morgan fingerprint density at radius 2 is 1.76 bits per heavy atom. The maximum Gasteiger partial charge on any atom is 0.416 e. The molecule has 1 amide bonds. The van der Waals surface area contributed by atoms with Crippen LogP contribution in [0.4, 0.5) is 18.0 Å². The average molecular weight is 359 g/mol.